The molecule has 0 saturated carbocycles. The van der Waals surface area contributed by atoms with Crippen LogP contribution < -0.4 is 0 Å². The van der Waals surface area contributed by atoms with Crippen LogP contribution >= 0.6 is 18.2 Å². The summed E-state index contributed by atoms with van der Waals surface area (Å²) in [6.45, 7) is 1.17. The predicted molar refractivity (Wildman–Crippen MR) is 73.0 cm³/mol. The number of hydrogen-bond acceptors (Lipinski definition) is 5. The van der Waals surface area contributed by atoms with Crippen LogP contribution in [0.15, 0.2) is 35.3 Å². The molecule has 0 fully saturated rings. The van der Waals surface area contributed by atoms with Crippen LogP contribution in [0.25, 0.3) is 0 Å². The third kappa shape index (κ3) is 5.50. The molecule has 0 bridgehead atoms. The average molecular weight is 273 g/mol. The van der Waals surface area contributed by atoms with Crippen molar-refractivity contribution in [2.45, 2.75) is 13.8 Å². The zero-order chi connectivity index (χ0) is 12.6. The zero-order valence-electron chi connectivity index (χ0n) is 9.91. The molecule has 0 unspecified atom stereocenters. The number of aliphatic imine (C=N–C) groups is 1. The van der Waals surface area contributed by atoms with E-state index in [2.05, 4.69) is 4.99 Å². The molecule has 6 heteroatoms. The Morgan fingerprint density at radius 3 is 2.35 bits per heavy atom. The second-order valence-electron chi connectivity index (χ2n) is 2.96. The molecule has 0 saturated heterocycles. The summed E-state index contributed by atoms with van der Waals surface area (Å²) in [6.07, 6.45) is 0. The summed E-state index contributed by atoms with van der Waals surface area (Å²) in [5.41, 5.74) is 2.31. The van der Waals surface area contributed by atoms with Gasteiger partial charge in [0.25, 0.3) is 0 Å². The fourth-order valence-electron chi connectivity index (χ4n) is 1.07. The van der Waals surface area contributed by atoms with Gasteiger partial charge in [-0.3, -0.25) is 0 Å². The highest BCUT2D eigenvalue weighted by Crippen LogP contribution is 2.59. The van der Waals surface area contributed by atoms with E-state index in [-0.39, 0.29) is 0 Å². The van der Waals surface area contributed by atoms with Gasteiger partial charge in [-0.2, -0.15) is 0 Å². The number of benzene rings is 1. The van der Waals surface area contributed by atoms with Crippen LogP contribution in [-0.2, 0) is 13.6 Å². The third-order valence-corrected chi connectivity index (χ3v) is 5.01. The lowest BCUT2D eigenvalue weighted by Gasteiger charge is -2.12. The van der Waals surface area contributed by atoms with E-state index in [0.717, 1.165) is 17.1 Å². The second kappa shape index (κ2) is 7.67. The SMILES string of the molecule is CCOP(=O)(OCC)SC=Nc1ccccc1. The summed E-state index contributed by atoms with van der Waals surface area (Å²) in [5.74, 6) is 0. The molecule has 1 aromatic carbocycles. The predicted octanol–water partition coefficient (Wildman–Crippen LogP) is 4.26. The van der Waals surface area contributed by atoms with E-state index in [0.29, 0.717) is 13.2 Å². The first kappa shape index (κ1) is 14.5. The Hall–Kier alpha value is -0.610. The van der Waals surface area contributed by atoms with E-state index in [4.69, 9.17) is 9.05 Å². The molecular weight excluding hydrogens is 257 g/mol. The quantitative estimate of drug-likeness (QED) is 0.423. The van der Waals surface area contributed by atoms with Crippen LogP contribution in [0.2, 0.25) is 0 Å². The highest BCUT2D eigenvalue weighted by atomic mass is 32.7. The summed E-state index contributed by atoms with van der Waals surface area (Å²) in [7, 11) is 0. The summed E-state index contributed by atoms with van der Waals surface area (Å²) in [4.78, 5) is 4.16. The van der Waals surface area contributed by atoms with Crippen LogP contribution in [0.3, 0.4) is 0 Å². The molecule has 4 nitrogen and oxygen atoms in total. The monoisotopic (exact) mass is 273 g/mol. The van der Waals surface area contributed by atoms with Gasteiger partial charge >= 0.3 is 6.80 Å². The molecule has 0 amide bonds. The Labute approximate surface area is 106 Å². The van der Waals surface area contributed by atoms with Gasteiger partial charge in [0.05, 0.1) is 24.4 Å². The fourth-order valence-corrected chi connectivity index (χ4v) is 3.67. The van der Waals surface area contributed by atoms with E-state index in [9.17, 15) is 4.57 Å². The van der Waals surface area contributed by atoms with Crippen molar-refractivity contribution in [1.29, 1.82) is 0 Å². The van der Waals surface area contributed by atoms with Crippen molar-refractivity contribution < 1.29 is 13.6 Å². The van der Waals surface area contributed by atoms with Gasteiger partial charge in [0.2, 0.25) is 0 Å². The molecule has 1 rings (SSSR count). The minimum atomic E-state index is -3.09. The van der Waals surface area contributed by atoms with Crippen LogP contribution in [0.5, 0.6) is 0 Å². The highest BCUT2D eigenvalue weighted by Gasteiger charge is 2.23. The van der Waals surface area contributed by atoms with Gasteiger partial charge in [-0.1, -0.05) is 18.2 Å². The van der Waals surface area contributed by atoms with Crippen molar-refractivity contribution in [2.75, 3.05) is 13.2 Å². The molecule has 0 atom stereocenters. The normalized spacial score (nSPS) is 12.1. The lowest BCUT2D eigenvalue weighted by molar-refractivity contribution is 0.237. The first-order chi connectivity index (χ1) is 8.20. The van der Waals surface area contributed by atoms with E-state index in [1.54, 1.807) is 13.8 Å². The first-order valence-corrected chi connectivity index (χ1v) is 8.38. The summed E-state index contributed by atoms with van der Waals surface area (Å²) in [6, 6.07) is 9.42. The van der Waals surface area contributed by atoms with Gasteiger partial charge in [0.1, 0.15) is 0 Å². The second-order valence-corrected chi connectivity index (χ2v) is 6.76. The van der Waals surface area contributed by atoms with Crippen molar-refractivity contribution in [3.05, 3.63) is 30.3 Å². The molecule has 17 heavy (non-hydrogen) atoms. The maximum absolute atomic E-state index is 12.0. The van der Waals surface area contributed by atoms with Gasteiger partial charge in [-0.05, 0) is 26.0 Å². The van der Waals surface area contributed by atoms with Crippen LogP contribution in [0.1, 0.15) is 13.8 Å². The van der Waals surface area contributed by atoms with Gasteiger partial charge in [-0.15, -0.1) is 0 Å². The molecule has 0 spiro atoms. The van der Waals surface area contributed by atoms with Gasteiger partial charge in [0, 0.05) is 11.4 Å². The Balaban J connectivity index is 2.58. The molecule has 0 aliphatic carbocycles. The molecule has 0 aliphatic heterocycles. The largest absolute Gasteiger partial charge is 0.394 e. The van der Waals surface area contributed by atoms with Crippen molar-refractivity contribution in [1.82, 2.24) is 0 Å². The number of rotatable bonds is 7. The zero-order valence-corrected chi connectivity index (χ0v) is 11.6. The molecule has 94 valence electrons. The van der Waals surface area contributed by atoms with Crippen LogP contribution in [0.4, 0.5) is 5.69 Å². The Kier molecular flexibility index (Phi) is 6.52. The van der Waals surface area contributed by atoms with E-state index in [1.165, 1.54) is 5.55 Å². The number of hydrogen-bond donors (Lipinski definition) is 0. The number of para-hydroxylation sites is 1. The average Bonchev–Trinajstić information content (AvgIpc) is 2.31. The molecule has 0 radical (unpaired) electrons. The maximum atomic E-state index is 12.0. The van der Waals surface area contributed by atoms with E-state index in [1.807, 2.05) is 30.3 Å². The van der Waals surface area contributed by atoms with Crippen LogP contribution in [-0.4, -0.2) is 18.8 Å². The molecule has 0 aliphatic rings. The highest BCUT2D eigenvalue weighted by molar-refractivity contribution is 8.61. The van der Waals surface area contributed by atoms with E-state index >= 15 is 0 Å². The van der Waals surface area contributed by atoms with Crippen molar-refractivity contribution in [3.63, 3.8) is 0 Å². The van der Waals surface area contributed by atoms with Gasteiger partial charge in [0.15, 0.2) is 0 Å². The molecule has 1 aromatic rings. The maximum Gasteiger partial charge on any atom is 0.394 e. The summed E-state index contributed by atoms with van der Waals surface area (Å²) in [5, 5.41) is 0. The van der Waals surface area contributed by atoms with Crippen LogP contribution in [0, 0.1) is 0 Å². The fraction of sp³-hybridized carbons (Fsp3) is 0.364. The van der Waals surface area contributed by atoms with Gasteiger partial charge in [-0.25, -0.2) is 9.56 Å². The van der Waals surface area contributed by atoms with Crippen molar-refractivity contribution >= 4 is 29.4 Å². The Bertz CT molecular complexity index is 387. The first-order valence-electron chi connectivity index (χ1n) is 5.35. The minimum Gasteiger partial charge on any atom is -0.301 e. The van der Waals surface area contributed by atoms with Crippen molar-refractivity contribution in [3.8, 4) is 0 Å². The Morgan fingerprint density at radius 2 is 1.82 bits per heavy atom. The van der Waals surface area contributed by atoms with E-state index < -0.39 is 6.80 Å². The lowest BCUT2D eigenvalue weighted by Crippen LogP contribution is -1.91. The topological polar surface area (TPSA) is 47.9 Å². The Morgan fingerprint density at radius 1 is 1.24 bits per heavy atom. The lowest BCUT2D eigenvalue weighted by atomic mass is 10.3. The molecular formula is C11H16NO3PS. The van der Waals surface area contributed by atoms with Crippen molar-refractivity contribution in [2.24, 2.45) is 4.99 Å². The summed E-state index contributed by atoms with van der Waals surface area (Å²) >= 11 is 0.987. The standard InChI is InChI=1S/C11H16NO3PS/c1-3-14-16(13,15-4-2)17-10-12-11-8-6-5-7-9-11/h5-10H,3-4H2,1-2H3. The third-order valence-electron chi connectivity index (χ3n) is 1.71. The summed E-state index contributed by atoms with van der Waals surface area (Å²) < 4.78 is 22.3. The smallest absolute Gasteiger partial charge is 0.301 e. The van der Waals surface area contributed by atoms with Gasteiger partial charge < -0.3 is 9.05 Å². The minimum absolute atomic E-state index is 0.351. The molecule has 0 N–H and O–H groups in total. The molecule has 0 heterocycles. The molecule has 0 aromatic heterocycles. The number of nitrogens with zero attached hydrogens (tertiary/aromatic N) is 1.